The van der Waals surface area contributed by atoms with Crippen LogP contribution in [0.5, 0.6) is 0 Å². The molecule has 108 valence electrons. The minimum absolute atomic E-state index is 0.00228. The van der Waals surface area contributed by atoms with E-state index >= 15 is 0 Å². The first-order valence-corrected chi connectivity index (χ1v) is 7.78. The number of hydrogen-bond acceptors (Lipinski definition) is 4. The minimum atomic E-state index is -0.0913. The summed E-state index contributed by atoms with van der Waals surface area (Å²) in [5.74, 6) is 0.258. The Morgan fingerprint density at radius 3 is 2.95 bits per heavy atom. The SMILES string of the molecule is CC(=O)N[C@H]1[C@H](NC(=O)Cc2ccsc2)[C@@H]2CCO[C@@H]21. The summed E-state index contributed by atoms with van der Waals surface area (Å²) in [7, 11) is 0. The molecule has 1 aromatic rings. The first-order valence-electron chi connectivity index (χ1n) is 6.84. The summed E-state index contributed by atoms with van der Waals surface area (Å²) >= 11 is 1.59. The van der Waals surface area contributed by atoms with Crippen LogP contribution in [0.15, 0.2) is 16.8 Å². The van der Waals surface area contributed by atoms with Crippen molar-refractivity contribution in [2.75, 3.05) is 6.61 Å². The fraction of sp³-hybridized carbons (Fsp3) is 0.571. The predicted octanol–water partition coefficient (Wildman–Crippen LogP) is 0.699. The van der Waals surface area contributed by atoms with Crippen molar-refractivity contribution in [2.45, 2.75) is 38.0 Å². The first kappa shape index (κ1) is 13.6. The Balaban J connectivity index is 1.60. The number of thiophene rings is 1. The van der Waals surface area contributed by atoms with E-state index in [1.807, 2.05) is 16.8 Å². The second-order valence-corrected chi connectivity index (χ2v) is 6.20. The average Bonchev–Trinajstić information content (AvgIpc) is 3.02. The molecule has 1 aliphatic heterocycles. The quantitative estimate of drug-likeness (QED) is 0.859. The number of ether oxygens (including phenoxy) is 1. The maximum absolute atomic E-state index is 12.1. The maximum atomic E-state index is 12.1. The van der Waals surface area contributed by atoms with Crippen LogP contribution in [0.25, 0.3) is 0 Å². The average molecular weight is 294 g/mol. The van der Waals surface area contributed by atoms with Gasteiger partial charge in [-0.25, -0.2) is 0 Å². The number of rotatable bonds is 4. The molecular formula is C14H18N2O3S. The molecule has 2 N–H and O–H groups in total. The van der Waals surface area contributed by atoms with Gasteiger partial charge in [-0.05, 0) is 28.8 Å². The molecule has 1 saturated heterocycles. The summed E-state index contributed by atoms with van der Waals surface area (Å²) in [6, 6.07) is 1.86. The van der Waals surface area contributed by atoms with Crippen LogP contribution in [0.4, 0.5) is 0 Å². The first-order chi connectivity index (χ1) is 9.65. The van der Waals surface area contributed by atoms with E-state index in [1.165, 1.54) is 6.92 Å². The van der Waals surface area contributed by atoms with E-state index in [0.717, 1.165) is 12.0 Å². The highest BCUT2D eigenvalue weighted by molar-refractivity contribution is 7.07. The molecule has 2 fully saturated rings. The van der Waals surface area contributed by atoms with Crippen LogP contribution < -0.4 is 10.6 Å². The standard InChI is InChI=1S/C14H18N2O3S/c1-8(17)15-13-12(10-2-4-19-14(10)13)16-11(18)6-9-3-5-20-7-9/h3,5,7,10,12-14H,2,4,6H2,1H3,(H,15,17)(H,16,18)/t10-,12+,13-,14-/m0/s1. The molecule has 0 spiro atoms. The van der Waals surface area contributed by atoms with Gasteiger partial charge in [-0.15, -0.1) is 0 Å². The van der Waals surface area contributed by atoms with Gasteiger partial charge in [-0.3, -0.25) is 9.59 Å². The van der Waals surface area contributed by atoms with Crippen LogP contribution >= 0.6 is 11.3 Å². The fourth-order valence-corrected chi connectivity index (χ4v) is 3.79. The largest absolute Gasteiger partial charge is 0.376 e. The molecular weight excluding hydrogens is 276 g/mol. The fourth-order valence-electron chi connectivity index (χ4n) is 3.13. The van der Waals surface area contributed by atoms with Crippen molar-refractivity contribution in [1.82, 2.24) is 10.6 Å². The van der Waals surface area contributed by atoms with Crippen LogP contribution in [-0.2, 0) is 20.7 Å². The number of carbonyl (C=O) groups excluding carboxylic acids is 2. The molecule has 2 aliphatic rings. The molecule has 20 heavy (non-hydrogen) atoms. The van der Waals surface area contributed by atoms with Crippen LogP contribution in [0.2, 0.25) is 0 Å². The molecule has 4 atom stereocenters. The highest BCUT2D eigenvalue weighted by Gasteiger charge is 2.54. The third-order valence-electron chi connectivity index (χ3n) is 4.03. The van der Waals surface area contributed by atoms with Gasteiger partial charge in [0.2, 0.25) is 11.8 Å². The van der Waals surface area contributed by atoms with Gasteiger partial charge in [-0.2, -0.15) is 11.3 Å². The zero-order chi connectivity index (χ0) is 14.1. The highest BCUT2D eigenvalue weighted by atomic mass is 32.1. The van der Waals surface area contributed by atoms with Crippen molar-refractivity contribution in [1.29, 1.82) is 0 Å². The van der Waals surface area contributed by atoms with E-state index in [4.69, 9.17) is 4.74 Å². The van der Waals surface area contributed by atoms with Gasteiger partial charge in [-0.1, -0.05) is 0 Å². The number of fused-ring (bicyclic) bond motifs is 1. The molecule has 0 unspecified atom stereocenters. The number of amides is 2. The van der Waals surface area contributed by atoms with Gasteiger partial charge >= 0.3 is 0 Å². The highest BCUT2D eigenvalue weighted by Crippen LogP contribution is 2.39. The number of carbonyl (C=O) groups is 2. The normalized spacial score (nSPS) is 31.2. The molecule has 0 aromatic carbocycles. The van der Waals surface area contributed by atoms with E-state index in [9.17, 15) is 9.59 Å². The molecule has 2 amide bonds. The van der Waals surface area contributed by atoms with Crippen molar-refractivity contribution >= 4 is 23.2 Å². The summed E-state index contributed by atoms with van der Waals surface area (Å²) in [6.07, 6.45) is 1.40. The van der Waals surface area contributed by atoms with E-state index in [1.54, 1.807) is 11.3 Å². The van der Waals surface area contributed by atoms with Crippen molar-refractivity contribution in [2.24, 2.45) is 5.92 Å². The summed E-state index contributed by atoms with van der Waals surface area (Å²) in [4.78, 5) is 23.3. The Morgan fingerprint density at radius 1 is 1.40 bits per heavy atom. The third kappa shape index (κ3) is 2.58. The van der Waals surface area contributed by atoms with Crippen molar-refractivity contribution in [3.05, 3.63) is 22.4 Å². The molecule has 3 rings (SSSR count). The third-order valence-corrected chi connectivity index (χ3v) is 4.76. The zero-order valence-corrected chi connectivity index (χ0v) is 12.1. The van der Waals surface area contributed by atoms with Gasteiger partial charge < -0.3 is 15.4 Å². The molecule has 0 bridgehead atoms. The van der Waals surface area contributed by atoms with E-state index in [2.05, 4.69) is 10.6 Å². The van der Waals surface area contributed by atoms with Crippen LogP contribution in [-0.4, -0.2) is 36.6 Å². The second kappa shape index (κ2) is 5.54. The van der Waals surface area contributed by atoms with Crippen LogP contribution in [0, 0.1) is 5.92 Å². The monoisotopic (exact) mass is 294 g/mol. The maximum Gasteiger partial charge on any atom is 0.224 e. The molecule has 1 aliphatic carbocycles. The molecule has 6 heteroatoms. The smallest absolute Gasteiger partial charge is 0.224 e. The van der Waals surface area contributed by atoms with E-state index in [-0.39, 0.29) is 30.0 Å². The molecule has 5 nitrogen and oxygen atoms in total. The van der Waals surface area contributed by atoms with E-state index in [0.29, 0.717) is 18.9 Å². The Bertz CT molecular complexity index is 503. The number of hydrogen-bond donors (Lipinski definition) is 2. The topological polar surface area (TPSA) is 67.4 Å². The van der Waals surface area contributed by atoms with E-state index < -0.39 is 0 Å². The minimum Gasteiger partial charge on any atom is -0.376 e. The summed E-state index contributed by atoms with van der Waals surface area (Å²) in [5.41, 5.74) is 1.03. The summed E-state index contributed by atoms with van der Waals surface area (Å²) < 4.78 is 5.62. The van der Waals surface area contributed by atoms with Gasteiger partial charge in [0.1, 0.15) is 0 Å². The zero-order valence-electron chi connectivity index (χ0n) is 11.3. The van der Waals surface area contributed by atoms with Gasteiger partial charge in [0, 0.05) is 19.4 Å². The van der Waals surface area contributed by atoms with Gasteiger partial charge in [0.15, 0.2) is 0 Å². The van der Waals surface area contributed by atoms with Crippen molar-refractivity contribution < 1.29 is 14.3 Å². The second-order valence-electron chi connectivity index (χ2n) is 5.42. The van der Waals surface area contributed by atoms with Crippen LogP contribution in [0.1, 0.15) is 18.9 Å². The lowest BCUT2D eigenvalue weighted by molar-refractivity contribution is -0.129. The van der Waals surface area contributed by atoms with Crippen molar-refractivity contribution in [3.63, 3.8) is 0 Å². The van der Waals surface area contributed by atoms with Crippen LogP contribution in [0.3, 0.4) is 0 Å². The Labute approximate surface area is 121 Å². The molecule has 2 heterocycles. The Kier molecular flexibility index (Phi) is 3.76. The molecule has 1 saturated carbocycles. The lowest BCUT2D eigenvalue weighted by Gasteiger charge is -2.47. The predicted molar refractivity (Wildman–Crippen MR) is 75.4 cm³/mol. The Hall–Kier alpha value is -1.40. The summed E-state index contributed by atoms with van der Waals surface area (Å²) in [6.45, 7) is 2.20. The summed E-state index contributed by atoms with van der Waals surface area (Å²) in [5, 5.41) is 9.89. The Morgan fingerprint density at radius 2 is 2.25 bits per heavy atom. The molecule has 0 radical (unpaired) electrons. The van der Waals surface area contributed by atoms with Crippen molar-refractivity contribution in [3.8, 4) is 0 Å². The molecule has 1 aromatic heterocycles. The van der Waals surface area contributed by atoms with Gasteiger partial charge in [0.05, 0.1) is 24.6 Å². The lowest BCUT2D eigenvalue weighted by Crippen LogP contribution is -2.70. The number of nitrogens with one attached hydrogen (secondary N) is 2. The lowest BCUT2D eigenvalue weighted by atomic mass is 9.71. The van der Waals surface area contributed by atoms with Gasteiger partial charge in [0.25, 0.3) is 0 Å².